The maximum atomic E-state index is 12.0. The molecular weight excluding hydrogens is 289 g/mol. The van der Waals surface area contributed by atoms with E-state index in [0.29, 0.717) is 0 Å². The highest BCUT2D eigenvalue weighted by Crippen LogP contribution is 2.24. The van der Waals surface area contributed by atoms with E-state index < -0.39 is 17.9 Å². The molecule has 1 amide bonds. The SMILES string of the molecule is C#CCC(NC(=O)c1c(Cl)cccc1Cl)C(=O)OC. The van der Waals surface area contributed by atoms with Crippen LogP contribution in [0, 0.1) is 12.3 Å². The Morgan fingerprint density at radius 2 is 2.00 bits per heavy atom. The third kappa shape index (κ3) is 3.88. The molecule has 4 nitrogen and oxygen atoms in total. The van der Waals surface area contributed by atoms with Gasteiger partial charge in [0, 0.05) is 6.42 Å². The number of halogens is 2. The summed E-state index contributed by atoms with van der Waals surface area (Å²) in [4.78, 5) is 23.5. The van der Waals surface area contributed by atoms with Crippen molar-refractivity contribution >= 4 is 35.1 Å². The van der Waals surface area contributed by atoms with E-state index in [1.165, 1.54) is 19.2 Å². The Bertz CT molecular complexity index is 517. The highest BCUT2D eigenvalue weighted by Gasteiger charge is 2.23. The number of carbonyl (C=O) groups is 2. The summed E-state index contributed by atoms with van der Waals surface area (Å²) >= 11 is 11.8. The molecule has 0 fully saturated rings. The lowest BCUT2D eigenvalue weighted by Crippen LogP contribution is -2.41. The molecule has 0 heterocycles. The van der Waals surface area contributed by atoms with Crippen LogP contribution in [0.3, 0.4) is 0 Å². The fourth-order valence-electron chi connectivity index (χ4n) is 1.40. The van der Waals surface area contributed by atoms with Gasteiger partial charge < -0.3 is 10.1 Å². The number of terminal acetylenes is 1. The molecule has 1 aromatic rings. The van der Waals surface area contributed by atoms with Gasteiger partial charge in [-0.1, -0.05) is 29.3 Å². The van der Waals surface area contributed by atoms with E-state index in [2.05, 4.69) is 16.0 Å². The summed E-state index contributed by atoms with van der Waals surface area (Å²) in [5, 5.41) is 2.82. The van der Waals surface area contributed by atoms with Gasteiger partial charge in [-0.15, -0.1) is 12.3 Å². The molecule has 0 saturated heterocycles. The van der Waals surface area contributed by atoms with E-state index in [4.69, 9.17) is 29.6 Å². The number of rotatable bonds is 4. The number of hydrogen-bond donors (Lipinski definition) is 1. The van der Waals surface area contributed by atoms with Gasteiger partial charge in [-0.25, -0.2) is 4.79 Å². The molecule has 0 aliphatic heterocycles. The zero-order chi connectivity index (χ0) is 14.4. The van der Waals surface area contributed by atoms with Gasteiger partial charge in [0.1, 0.15) is 6.04 Å². The predicted octanol–water partition coefficient (Wildman–Crippen LogP) is 2.29. The van der Waals surface area contributed by atoms with Crippen molar-refractivity contribution < 1.29 is 14.3 Å². The van der Waals surface area contributed by atoms with Crippen molar-refractivity contribution in [2.45, 2.75) is 12.5 Å². The average molecular weight is 300 g/mol. The molecule has 0 radical (unpaired) electrons. The van der Waals surface area contributed by atoms with Crippen LogP contribution in [0.25, 0.3) is 0 Å². The molecular formula is C13H11Cl2NO3. The Morgan fingerprint density at radius 1 is 1.42 bits per heavy atom. The van der Waals surface area contributed by atoms with E-state index in [1.807, 2.05) is 0 Å². The first-order chi connectivity index (χ1) is 9.01. The van der Waals surface area contributed by atoms with E-state index in [0.717, 1.165) is 0 Å². The third-order valence-electron chi connectivity index (χ3n) is 2.30. The van der Waals surface area contributed by atoms with E-state index >= 15 is 0 Å². The fourth-order valence-corrected chi connectivity index (χ4v) is 1.97. The zero-order valence-corrected chi connectivity index (χ0v) is 11.6. The molecule has 0 aromatic heterocycles. The number of methoxy groups -OCH3 is 1. The predicted molar refractivity (Wildman–Crippen MR) is 73.2 cm³/mol. The summed E-state index contributed by atoms with van der Waals surface area (Å²) in [5.74, 6) is 1.08. The van der Waals surface area contributed by atoms with E-state index in [-0.39, 0.29) is 22.0 Å². The van der Waals surface area contributed by atoms with E-state index in [9.17, 15) is 9.59 Å². The lowest BCUT2D eigenvalue weighted by Gasteiger charge is -2.15. The molecule has 0 spiro atoms. The number of amides is 1. The smallest absolute Gasteiger partial charge is 0.329 e. The molecule has 1 atom stereocenters. The van der Waals surface area contributed by atoms with Crippen LogP contribution in [0.1, 0.15) is 16.8 Å². The molecule has 1 N–H and O–H groups in total. The first-order valence-electron chi connectivity index (χ1n) is 5.27. The first kappa shape index (κ1) is 15.4. The first-order valence-corrected chi connectivity index (χ1v) is 6.03. The van der Waals surface area contributed by atoms with Crippen molar-refractivity contribution in [2.75, 3.05) is 7.11 Å². The summed E-state index contributed by atoms with van der Waals surface area (Å²) in [7, 11) is 1.21. The minimum absolute atomic E-state index is 0.0144. The Morgan fingerprint density at radius 3 is 2.47 bits per heavy atom. The summed E-state index contributed by atoms with van der Waals surface area (Å²) in [6.07, 6.45) is 5.15. The van der Waals surface area contributed by atoms with E-state index in [1.54, 1.807) is 6.07 Å². The van der Waals surface area contributed by atoms with Crippen LogP contribution < -0.4 is 5.32 Å². The monoisotopic (exact) mass is 299 g/mol. The van der Waals surface area contributed by atoms with Crippen LogP contribution in [0.2, 0.25) is 10.0 Å². The van der Waals surface area contributed by atoms with Crippen molar-refractivity contribution in [3.05, 3.63) is 33.8 Å². The molecule has 19 heavy (non-hydrogen) atoms. The zero-order valence-electron chi connectivity index (χ0n) is 10.1. The van der Waals surface area contributed by atoms with Crippen molar-refractivity contribution in [2.24, 2.45) is 0 Å². The second-order valence-corrected chi connectivity index (χ2v) is 4.37. The Labute approximate surface area is 121 Å². The maximum absolute atomic E-state index is 12.0. The number of carbonyl (C=O) groups excluding carboxylic acids is 2. The van der Waals surface area contributed by atoms with Crippen LogP contribution in [-0.2, 0) is 9.53 Å². The van der Waals surface area contributed by atoms with Crippen LogP contribution >= 0.6 is 23.2 Å². The van der Waals surface area contributed by atoms with Gasteiger partial charge in [0.05, 0.1) is 22.7 Å². The Balaban J connectivity index is 2.95. The van der Waals surface area contributed by atoms with Crippen LogP contribution in [-0.4, -0.2) is 25.0 Å². The van der Waals surface area contributed by atoms with Crippen LogP contribution in [0.5, 0.6) is 0 Å². The van der Waals surface area contributed by atoms with Crippen LogP contribution in [0.15, 0.2) is 18.2 Å². The van der Waals surface area contributed by atoms with Gasteiger partial charge in [-0.2, -0.15) is 0 Å². The van der Waals surface area contributed by atoms with Gasteiger partial charge in [0.15, 0.2) is 0 Å². The molecule has 1 unspecified atom stereocenters. The molecule has 100 valence electrons. The fraction of sp³-hybridized carbons (Fsp3) is 0.231. The Kier molecular flexibility index (Phi) is 5.68. The lowest BCUT2D eigenvalue weighted by atomic mass is 10.1. The van der Waals surface area contributed by atoms with Gasteiger partial charge >= 0.3 is 5.97 Å². The minimum atomic E-state index is -0.935. The third-order valence-corrected chi connectivity index (χ3v) is 2.93. The molecule has 1 aromatic carbocycles. The van der Waals surface area contributed by atoms with Gasteiger partial charge in [0.25, 0.3) is 5.91 Å². The highest BCUT2D eigenvalue weighted by molar-refractivity contribution is 6.39. The molecule has 0 aliphatic rings. The molecule has 0 saturated carbocycles. The van der Waals surface area contributed by atoms with Crippen molar-refractivity contribution in [1.82, 2.24) is 5.32 Å². The lowest BCUT2D eigenvalue weighted by molar-refractivity contribution is -0.142. The number of hydrogen-bond acceptors (Lipinski definition) is 3. The molecule has 6 heteroatoms. The number of nitrogens with one attached hydrogen (secondary N) is 1. The number of ether oxygens (including phenoxy) is 1. The average Bonchev–Trinajstić information content (AvgIpc) is 2.37. The molecule has 1 rings (SSSR count). The second-order valence-electron chi connectivity index (χ2n) is 3.55. The maximum Gasteiger partial charge on any atom is 0.329 e. The van der Waals surface area contributed by atoms with Gasteiger partial charge in [0.2, 0.25) is 0 Å². The van der Waals surface area contributed by atoms with Gasteiger partial charge in [-0.3, -0.25) is 4.79 Å². The summed E-state index contributed by atoms with van der Waals surface area (Å²) in [6.45, 7) is 0. The topological polar surface area (TPSA) is 55.4 Å². The largest absolute Gasteiger partial charge is 0.467 e. The van der Waals surface area contributed by atoms with Crippen molar-refractivity contribution in [3.8, 4) is 12.3 Å². The van der Waals surface area contributed by atoms with Gasteiger partial charge in [-0.05, 0) is 12.1 Å². The normalized spacial score (nSPS) is 11.3. The van der Waals surface area contributed by atoms with Crippen LogP contribution in [0.4, 0.5) is 0 Å². The molecule has 0 aliphatic carbocycles. The van der Waals surface area contributed by atoms with Crippen molar-refractivity contribution in [1.29, 1.82) is 0 Å². The second kappa shape index (κ2) is 7.03. The summed E-state index contributed by atoms with van der Waals surface area (Å²) in [5.41, 5.74) is 0.0942. The number of benzene rings is 1. The quantitative estimate of drug-likeness (QED) is 0.685. The highest BCUT2D eigenvalue weighted by atomic mass is 35.5. The number of esters is 1. The minimum Gasteiger partial charge on any atom is -0.467 e. The summed E-state index contributed by atoms with van der Waals surface area (Å²) in [6, 6.07) is 3.73. The standard InChI is InChI=1S/C13H11Cl2NO3/c1-3-5-10(13(18)19-2)16-12(17)11-8(14)6-4-7-9(11)15/h1,4,6-7,10H,5H2,2H3,(H,16,17). The van der Waals surface area contributed by atoms with Crippen molar-refractivity contribution in [3.63, 3.8) is 0 Å². The molecule has 0 bridgehead atoms. The summed E-state index contributed by atoms with van der Waals surface area (Å²) < 4.78 is 4.55. The Hall–Kier alpha value is -1.70.